The van der Waals surface area contributed by atoms with E-state index in [9.17, 15) is 0 Å². The van der Waals surface area contributed by atoms with Crippen molar-refractivity contribution in [1.82, 2.24) is 5.32 Å². The Hall–Kier alpha value is -0.620. The van der Waals surface area contributed by atoms with Crippen molar-refractivity contribution in [2.24, 2.45) is 0 Å². The lowest BCUT2D eigenvalue weighted by atomic mass is 9.97. The first-order chi connectivity index (χ1) is 10.3. The fourth-order valence-corrected chi connectivity index (χ4v) is 3.49. The van der Waals surface area contributed by atoms with Gasteiger partial charge in [-0.2, -0.15) is 0 Å². The SMILES string of the molecule is CCCNC(c1cc(Br)cc2c1OCC2)C1COCCO1. The zero-order valence-corrected chi connectivity index (χ0v) is 13.9. The summed E-state index contributed by atoms with van der Waals surface area (Å²) < 4.78 is 18.5. The van der Waals surface area contributed by atoms with Gasteiger partial charge < -0.3 is 19.5 Å². The topological polar surface area (TPSA) is 39.7 Å². The minimum absolute atomic E-state index is 0.0351. The van der Waals surface area contributed by atoms with E-state index in [0.717, 1.165) is 36.2 Å². The third-order valence-electron chi connectivity index (χ3n) is 3.94. The first-order valence-corrected chi connectivity index (χ1v) is 8.46. The predicted molar refractivity (Wildman–Crippen MR) is 84.9 cm³/mol. The maximum Gasteiger partial charge on any atom is 0.127 e. The van der Waals surface area contributed by atoms with Crippen molar-refractivity contribution in [3.05, 3.63) is 27.7 Å². The summed E-state index contributed by atoms with van der Waals surface area (Å²) in [5.74, 6) is 1.03. The molecular weight excluding hydrogens is 334 g/mol. The van der Waals surface area contributed by atoms with Crippen LogP contribution in [-0.4, -0.2) is 39.1 Å². The molecule has 0 saturated carbocycles. The van der Waals surface area contributed by atoms with E-state index >= 15 is 0 Å². The first kappa shape index (κ1) is 15.3. The summed E-state index contributed by atoms with van der Waals surface area (Å²) in [7, 11) is 0. The molecule has 0 aromatic heterocycles. The molecule has 0 radical (unpaired) electrons. The molecule has 2 heterocycles. The number of benzene rings is 1. The van der Waals surface area contributed by atoms with Gasteiger partial charge in [-0.1, -0.05) is 22.9 Å². The molecule has 116 valence electrons. The van der Waals surface area contributed by atoms with Gasteiger partial charge in [0.15, 0.2) is 0 Å². The molecule has 0 amide bonds. The largest absolute Gasteiger partial charge is 0.493 e. The minimum Gasteiger partial charge on any atom is -0.493 e. The Kier molecular flexibility index (Phi) is 5.16. The van der Waals surface area contributed by atoms with Gasteiger partial charge in [0.05, 0.1) is 32.5 Å². The molecule has 1 aromatic carbocycles. The number of fused-ring (bicyclic) bond motifs is 1. The van der Waals surface area contributed by atoms with Gasteiger partial charge in [0.2, 0.25) is 0 Å². The summed E-state index contributed by atoms with van der Waals surface area (Å²) in [5, 5.41) is 3.61. The lowest BCUT2D eigenvalue weighted by Gasteiger charge is -2.32. The molecule has 0 bridgehead atoms. The number of ether oxygens (including phenoxy) is 3. The van der Waals surface area contributed by atoms with E-state index in [4.69, 9.17) is 14.2 Å². The molecule has 1 aromatic rings. The van der Waals surface area contributed by atoms with Crippen molar-refractivity contribution in [3.63, 3.8) is 0 Å². The second kappa shape index (κ2) is 7.09. The van der Waals surface area contributed by atoms with Crippen LogP contribution in [0.15, 0.2) is 16.6 Å². The lowest BCUT2D eigenvalue weighted by Crippen LogP contribution is -2.41. The molecule has 2 atom stereocenters. The highest BCUT2D eigenvalue weighted by atomic mass is 79.9. The molecule has 2 unspecified atom stereocenters. The number of hydrogen-bond donors (Lipinski definition) is 1. The van der Waals surface area contributed by atoms with E-state index in [0.29, 0.717) is 19.8 Å². The molecule has 0 aliphatic carbocycles. The minimum atomic E-state index is 0.0351. The van der Waals surface area contributed by atoms with Crippen LogP contribution in [0.3, 0.4) is 0 Å². The number of halogens is 1. The normalized spacial score (nSPS) is 22.7. The first-order valence-electron chi connectivity index (χ1n) is 7.67. The summed E-state index contributed by atoms with van der Waals surface area (Å²) in [6.07, 6.45) is 2.10. The molecule has 3 rings (SSSR count). The van der Waals surface area contributed by atoms with E-state index in [2.05, 4.69) is 40.3 Å². The number of hydrogen-bond acceptors (Lipinski definition) is 4. The van der Waals surface area contributed by atoms with Gasteiger partial charge in [0.25, 0.3) is 0 Å². The Morgan fingerprint density at radius 2 is 2.24 bits per heavy atom. The Morgan fingerprint density at radius 3 is 3.00 bits per heavy atom. The van der Waals surface area contributed by atoms with Crippen LogP contribution in [0.4, 0.5) is 0 Å². The van der Waals surface area contributed by atoms with Crippen molar-refractivity contribution in [2.75, 3.05) is 33.0 Å². The lowest BCUT2D eigenvalue weighted by molar-refractivity contribution is -0.102. The van der Waals surface area contributed by atoms with E-state index in [1.807, 2.05) is 0 Å². The standard InChI is InChI=1S/C16H22BrNO3/c1-2-4-18-15(14-10-19-6-7-20-14)13-9-12(17)8-11-3-5-21-16(11)13/h8-9,14-15,18H,2-7,10H2,1H3. The zero-order chi connectivity index (χ0) is 14.7. The molecule has 1 saturated heterocycles. The number of rotatable bonds is 5. The Labute approximate surface area is 134 Å². The molecular formula is C16H22BrNO3. The summed E-state index contributed by atoms with van der Waals surface area (Å²) in [4.78, 5) is 0. The summed E-state index contributed by atoms with van der Waals surface area (Å²) in [6.45, 7) is 5.86. The molecule has 5 heteroatoms. The van der Waals surface area contributed by atoms with Crippen LogP contribution in [0.25, 0.3) is 0 Å². The smallest absolute Gasteiger partial charge is 0.127 e. The van der Waals surface area contributed by atoms with Gasteiger partial charge in [-0.3, -0.25) is 0 Å². The Balaban J connectivity index is 1.91. The molecule has 2 aliphatic rings. The van der Waals surface area contributed by atoms with Crippen LogP contribution in [0.5, 0.6) is 5.75 Å². The van der Waals surface area contributed by atoms with Crippen LogP contribution in [-0.2, 0) is 15.9 Å². The monoisotopic (exact) mass is 355 g/mol. The highest BCUT2D eigenvalue weighted by molar-refractivity contribution is 9.10. The second-order valence-corrected chi connectivity index (χ2v) is 6.41. The van der Waals surface area contributed by atoms with E-state index in [1.165, 1.54) is 11.1 Å². The second-order valence-electron chi connectivity index (χ2n) is 5.50. The van der Waals surface area contributed by atoms with Crippen LogP contribution in [0.1, 0.15) is 30.5 Å². The van der Waals surface area contributed by atoms with E-state index < -0.39 is 0 Å². The summed E-state index contributed by atoms with van der Waals surface area (Å²) in [5.41, 5.74) is 2.46. The van der Waals surface area contributed by atoms with Crippen LogP contribution in [0, 0.1) is 0 Å². The Morgan fingerprint density at radius 1 is 1.33 bits per heavy atom. The molecule has 1 fully saturated rings. The van der Waals surface area contributed by atoms with Crippen molar-refractivity contribution in [1.29, 1.82) is 0 Å². The van der Waals surface area contributed by atoms with Crippen molar-refractivity contribution < 1.29 is 14.2 Å². The summed E-state index contributed by atoms with van der Waals surface area (Å²) >= 11 is 3.62. The van der Waals surface area contributed by atoms with Gasteiger partial charge in [-0.05, 0) is 30.7 Å². The molecule has 0 spiro atoms. The van der Waals surface area contributed by atoms with Crippen LogP contribution >= 0.6 is 15.9 Å². The fourth-order valence-electron chi connectivity index (χ4n) is 2.97. The fraction of sp³-hybridized carbons (Fsp3) is 0.625. The maximum atomic E-state index is 5.93. The quantitative estimate of drug-likeness (QED) is 0.881. The predicted octanol–water partition coefficient (Wildman–Crippen LogP) is 2.84. The number of nitrogens with one attached hydrogen (secondary N) is 1. The van der Waals surface area contributed by atoms with E-state index in [-0.39, 0.29) is 12.1 Å². The maximum absolute atomic E-state index is 5.93. The van der Waals surface area contributed by atoms with Crippen LogP contribution < -0.4 is 10.1 Å². The zero-order valence-electron chi connectivity index (χ0n) is 12.4. The molecule has 2 aliphatic heterocycles. The van der Waals surface area contributed by atoms with Crippen molar-refractivity contribution >= 4 is 15.9 Å². The molecule has 21 heavy (non-hydrogen) atoms. The summed E-state index contributed by atoms with van der Waals surface area (Å²) in [6, 6.07) is 4.41. The van der Waals surface area contributed by atoms with E-state index in [1.54, 1.807) is 0 Å². The van der Waals surface area contributed by atoms with Crippen molar-refractivity contribution in [2.45, 2.75) is 31.9 Å². The van der Waals surface area contributed by atoms with Crippen molar-refractivity contribution in [3.8, 4) is 5.75 Å². The molecule has 1 N–H and O–H groups in total. The highest BCUT2D eigenvalue weighted by Gasteiger charge is 2.31. The highest BCUT2D eigenvalue weighted by Crippen LogP contribution is 2.38. The van der Waals surface area contributed by atoms with Gasteiger partial charge >= 0.3 is 0 Å². The Bertz CT molecular complexity index is 489. The third-order valence-corrected chi connectivity index (χ3v) is 4.40. The van der Waals surface area contributed by atoms with Gasteiger partial charge in [-0.25, -0.2) is 0 Å². The van der Waals surface area contributed by atoms with Crippen LogP contribution in [0.2, 0.25) is 0 Å². The van der Waals surface area contributed by atoms with Gasteiger partial charge in [-0.15, -0.1) is 0 Å². The average Bonchev–Trinajstić information content (AvgIpc) is 2.96. The average molecular weight is 356 g/mol. The third kappa shape index (κ3) is 3.42. The van der Waals surface area contributed by atoms with Gasteiger partial charge in [0, 0.05) is 16.5 Å². The van der Waals surface area contributed by atoms with Gasteiger partial charge in [0.1, 0.15) is 11.9 Å². The molecule has 4 nitrogen and oxygen atoms in total.